The molecule has 1 aliphatic rings. The molecule has 1 N–H and O–H groups in total. The standard InChI is InChI=1S/C31H30F2N6/c1-34-26-12-16-38(17-13-26)18-19-39-20-27-28(21-2-6-24(32)7-3-21)29(22-10-14-35-15-11-22)30(36-31(27)37-39)23-4-8-25(33)9-5-23/h2-11,14-15,20,26,34H,12-13,16-19H2,1H3. The van der Waals surface area contributed by atoms with Gasteiger partial charge in [0.25, 0.3) is 0 Å². The van der Waals surface area contributed by atoms with E-state index in [-0.39, 0.29) is 11.6 Å². The summed E-state index contributed by atoms with van der Waals surface area (Å²) in [5, 5.41) is 9.14. The van der Waals surface area contributed by atoms with Crippen LogP contribution >= 0.6 is 0 Å². The summed E-state index contributed by atoms with van der Waals surface area (Å²) in [6, 6.07) is 17.3. The third-order valence-corrected chi connectivity index (χ3v) is 7.58. The summed E-state index contributed by atoms with van der Waals surface area (Å²) in [7, 11) is 2.03. The summed E-state index contributed by atoms with van der Waals surface area (Å²) in [6.45, 7) is 3.76. The lowest BCUT2D eigenvalue weighted by Gasteiger charge is -2.31. The van der Waals surface area contributed by atoms with Crippen molar-refractivity contribution in [3.8, 4) is 33.5 Å². The van der Waals surface area contributed by atoms with Gasteiger partial charge in [-0.05, 0) is 92.6 Å². The molecule has 0 atom stereocenters. The molecule has 6 nitrogen and oxygen atoms in total. The van der Waals surface area contributed by atoms with Gasteiger partial charge in [0.1, 0.15) is 11.6 Å². The summed E-state index contributed by atoms with van der Waals surface area (Å²) in [5.74, 6) is -0.613. The van der Waals surface area contributed by atoms with Crippen molar-refractivity contribution in [1.29, 1.82) is 0 Å². The highest BCUT2D eigenvalue weighted by Gasteiger charge is 2.22. The van der Waals surface area contributed by atoms with Gasteiger partial charge in [-0.2, -0.15) is 5.10 Å². The first-order chi connectivity index (χ1) is 19.1. The van der Waals surface area contributed by atoms with E-state index in [0.29, 0.717) is 17.4 Å². The zero-order chi connectivity index (χ0) is 26.8. The maximum absolute atomic E-state index is 14.0. The predicted molar refractivity (Wildman–Crippen MR) is 150 cm³/mol. The molecule has 198 valence electrons. The first-order valence-corrected chi connectivity index (χ1v) is 13.3. The van der Waals surface area contributed by atoms with E-state index in [9.17, 15) is 8.78 Å². The first kappa shape index (κ1) is 25.3. The molecule has 6 rings (SSSR count). The fraction of sp³-hybridized carbons (Fsp3) is 0.258. The number of nitrogens with one attached hydrogen (secondary N) is 1. The van der Waals surface area contributed by atoms with Crippen molar-refractivity contribution in [2.45, 2.75) is 25.4 Å². The highest BCUT2D eigenvalue weighted by Crippen LogP contribution is 2.43. The number of halogens is 2. The molecule has 0 saturated carbocycles. The fourth-order valence-corrected chi connectivity index (χ4v) is 5.42. The normalized spacial score (nSPS) is 14.7. The molecule has 1 saturated heterocycles. The van der Waals surface area contributed by atoms with Crippen LogP contribution in [0.3, 0.4) is 0 Å². The third kappa shape index (κ3) is 5.30. The Morgan fingerprint density at radius 1 is 0.795 bits per heavy atom. The van der Waals surface area contributed by atoms with Crippen LogP contribution in [0.1, 0.15) is 12.8 Å². The second-order valence-corrected chi connectivity index (χ2v) is 9.99. The lowest BCUT2D eigenvalue weighted by Crippen LogP contribution is -2.42. The highest BCUT2D eigenvalue weighted by atomic mass is 19.1. The van der Waals surface area contributed by atoms with E-state index >= 15 is 0 Å². The molecule has 4 heterocycles. The summed E-state index contributed by atoms with van der Waals surface area (Å²) in [4.78, 5) is 11.7. The Hall–Kier alpha value is -4.01. The first-order valence-electron chi connectivity index (χ1n) is 13.3. The van der Waals surface area contributed by atoms with E-state index in [2.05, 4.69) is 15.2 Å². The van der Waals surface area contributed by atoms with Crippen molar-refractivity contribution in [3.63, 3.8) is 0 Å². The van der Waals surface area contributed by atoms with Gasteiger partial charge in [0.2, 0.25) is 0 Å². The predicted octanol–water partition coefficient (Wildman–Crippen LogP) is 5.79. The second kappa shape index (κ2) is 11.0. The Bertz CT molecular complexity index is 1560. The van der Waals surface area contributed by atoms with E-state index in [1.165, 1.54) is 24.3 Å². The Kier molecular flexibility index (Phi) is 7.13. The monoisotopic (exact) mass is 524 g/mol. The Morgan fingerprint density at radius 3 is 2.05 bits per heavy atom. The molecule has 39 heavy (non-hydrogen) atoms. The summed E-state index contributed by atoms with van der Waals surface area (Å²) < 4.78 is 29.8. The smallest absolute Gasteiger partial charge is 0.182 e. The van der Waals surface area contributed by atoms with E-state index in [1.807, 2.05) is 30.1 Å². The second-order valence-electron chi connectivity index (χ2n) is 9.99. The molecular weight excluding hydrogens is 494 g/mol. The van der Waals surface area contributed by atoms with E-state index in [1.54, 1.807) is 36.7 Å². The van der Waals surface area contributed by atoms with E-state index in [0.717, 1.165) is 72.2 Å². The molecule has 1 fully saturated rings. The quantitative estimate of drug-likeness (QED) is 0.292. The molecule has 8 heteroatoms. The molecule has 0 radical (unpaired) electrons. The van der Waals surface area contributed by atoms with Gasteiger partial charge in [-0.3, -0.25) is 9.67 Å². The SMILES string of the molecule is CNC1CCN(CCn2cc3c(-c4ccc(F)cc4)c(-c4ccncc4)c(-c4ccc(F)cc4)nc3n2)CC1. The number of aromatic nitrogens is 4. The van der Waals surface area contributed by atoms with Crippen LogP contribution in [0.4, 0.5) is 8.78 Å². The Morgan fingerprint density at radius 2 is 1.41 bits per heavy atom. The fourth-order valence-electron chi connectivity index (χ4n) is 5.42. The van der Waals surface area contributed by atoms with Gasteiger partial charge >= 0.3 is 0 Å². The number of fused-ring (bicyclic) bond motifs is 1. The Labute approximate surface area is 226 Å². The van der Waals surface area contributed by atoms with Crippen LogP contribution in [0.15, 0.2) is 79.3 Å². The molecule has 0 unspecified atom stereocenters. The van der Waals surface area contributed by atoms with Gasteiger partial charge in [-0.15, -0.1) is 0 Å². The molecule has 1 aliphatic heterocycles. The van der Waals surface area contributed by atoms with Crippen molar-refractivity contribution in [1.82, 2.24) is 30.0 Å². The third-order valence-electron chi connectivity index (χ3n) is 7.58. The van der Waals surface area contributed by atoms with Crippen molar-refractivity contribution >= 4 is 11.0 Å². The van der Waals surface area contributed by atoms with Crippen LogP contribution in [-0.4, -0.2) is 57.4 Å². The topological polar surface area (TPSA) is 58.9 Å². The van der Waals surface area contributed by atoms with Gasteiger partial charge in [0.05, 0.1) is 12.2 Å². The lowest BCUT2D eigenvalue weighted by molar-refractivity contribution is 0.193. The van der Waals surface area contributed by atoms with Gasteiger partial charge in [-0.25, -0.2) is 13.8 Å². The van der Waals surface area contributed by atoms with Gasteiger partial charge < -0.3 is 10.2 Å². The van der Waals surface area contributed by atoms with E-state index < -0.39 is 0 Å². The number of nitrogens with zero attached hydrogens (tertiary/aromatic N) is 5. The lowest BCUT2D eigenvalue weighted by atomic mass is 9.90. The van der Waals surface area contributed by atoms with Crippen LogP contribution in [0.2, 0.25) is 0 Å². The van der Waals surface area contributed by atoms with Crippen LogP contribution in [-0.2, 0) is 6.54 Å². The number of hydrogen-bond donors (Lipinski definition) is 1. The van der Waals surface area contributed by atoms with Crippen molar-refractivity contribution in [2.75, 3.05) is 26.7 Å². The summed E-state index contributed by atoms with van der Waals surface area (Å²) in [6.07, 6.45) is 7.81. The molecule has 0 spiro atoms. The molecule has 3 aromatic heterocycles. The minimum Gasteiger partial charge on any atom is -0.317 e. The maximum atomic E-state index is 14.0. The van der Waals surface area contributed by atoms with Crippen LogP contribution in [0.5, 0.6) is 0 Å². The number of hydrogen-bond acceptors (Lipinski definition) is 5. The van der Waals surface area contributed by atoms with Crippen LogP contribution in [0.25, 0.3) is 44.5 Å². The number of pyridine rings is 2. The summed E-state index contributed by atoms with van der Waals surface area (Å²) in [5.41, 5.74) is 5.61. The minimum absolute atomic E-state index is 0.300. The summed E-state index contributed by atoms with van der Waals surface area (Å²) >= 11 is 0. The van der Waals surface area contributed by atoms with Gasteiger partial charge in [0.15, 0.2) is 5.65 Å². The van der Waals surface area contributed by atoms with Crippen molar-refractivity contribution in [3.05, 3.63) is 90.9 Å². The minimum atomic E-state index is -0.313. The molecule has 2 aromatic carbocycles. The molecule has 0 aliphatic carbocycles. The zero-order valence-electron chi connectivity index (χ0n) is 21.8. The van der Waals surface area contributed by atoms with Crippen LogP contribution < -0.4 is 5.32 Å². The van der Waals surface area contributed by atoms with Gasteiger partial charge in [0, 0.05) is 53.3 Å². The number of rotatable bonds is 7. The van der Waals surface area contributed by atoms with Crippen molar-refractivity contribution < 1.29 is 8.78 Å². The highest BCUT2D eigenvalue weighted by molar-refractivity contribution is 6.05. The molecule has 5 aromatic rings. The van der Waals surface area contributed by atoms with Gasteiger partial charge in [-0.1, -0.05) is 12.1 Å². The average Bonchev–Trinajstić information content (AvgIpc) is 3.39. The zero-order valence-corrected chi connectivity index (χ0v) is 21.8. The number of likely N-dealkylation sites (tertiary alicyclic amines) is 1. The van der Waals surface area contributed by atoms with E-state index in [4.69, 9.17) is 10.1 Å². The molecule has 0 bridgehead atoms. The molecular formula is C31H30F2N6. The largest absolute Gasteiger partial charge is 0.317 e. The van der Waals surface area contributed by atoms with Crippen molar-refractivity contribution in [2.24, 2.45) is 0 Å². The number of piperidine rings is 1. The van der Waals surface area contributed by atoms with Crippen LogP contribution in [0, 0.1) is 11.6 Å². The maximum Gasteiger partial charge on any atom is 0.182 e. The average molecular weight is 525 g/mol. The molecule has 0 amide bonds. The number of benzene rings is 2. The Balaban J connectivity index is 1.49.